The van der Waals surface area contributed by atoms with Crippen LogP contribution < -0.4 is 11.4 Å². The molecule has 160 valence electrons. The molecule has 7 nitrogen and oxygen atoms in total. The lowest BCUT2D eigenvalue weighted by Crippen LogP contribution is -2.14. The number of nitrogen functional groups attached to an aromatic ring is 1. The van der Waals surface area contributed by atoms with E-state index in [1.165, 1.54) is 6.33 Å². The van der Waals surface area contributed by atoms with E-state index in [9.17, 15) is 4.79 Å². The Morgan fingerprint density at radius 2 is 1.88 bits per heavy atom. The minimum atomic E-state index is -0.402. The van der Waals surface area contributed by atoms with Crippen LogP contribution in [0.15, 0.2) is 64.1 Å². The van der Waals surface area contributed by atoms with Crippen molar-refractivity contribution in [1.29, 1.82) is 0 Å². The Balaban J connectivity index is 1.84. The van der Waals surface area contributed by atoms with Gasteiger partial charge in [-0.1, -0.05) is 55.0 Å². The number of aryl methyl sites for hydroxylation is 2. The second-order valence-electron chi connectivity index (χ2n) is 7.92. The van der Waals surface area contributed by atoms with Crippen molar-refractivity contribution >= 4 is 27.6 Å². The van der Waals surface area contributed by atoms with Crippen LogP contribution >= 0.6 is 0 Å². The fraction of sp³-hybridized carbons (Fsp3) is 0.200. The molecule has 2 N–H and O–H groups in total. The Bertz CT molecular complexity index is 1520. The van der Waals surface area contributed by atoms with Crippen LogP contribution in [0.4, 0.5) is 5.82 Å². The molecule has 1 atom stereocenters. The number of hydrogen-bond acceptors (Lipinski definition) is 6. The van der Waals surface area contributed by atoms with Crippen molar-refractivity contribution < 1.29 is 4.42 Å². The van der Waals surface area contributed by atoms with Gasteiger partial charge in [0, 0.05) is 10.9 Å². The Morgan fingerprint density at radius 1 is 1.09 bits per heavy atom. The summed E-state index contributed by atoms with van der Waals surface area (Å²) >= 11 is 0. The van der Waals surface area contributed by atoms with Crippen LogP contribution in [0.3, 0.4) is 0 Å². The van der Waals surface area contributed by atoms with Crippen molar-refractivity contribution in [3.05, 3.63) is 82.3 Å². The van der Waals surface area contributed by atoms with Gasteiger partial charge in [-0.2, -0.15) is 5.10 Å². The van der Waals surface area contributed by atoms with E-state index in [0.717, 1.165) is 33.2 Å². The lowest BCUT2D eigenvalue weighted by Gasteiger charge is -2.18. The number of hydrogen-bond donors (Lipinski definition) is 1. The minimum absolute atomic E-state index is 0.369. The third kappa shape index (κ3) is 3.05. The van der Waals surface area contributed by atoms with Gasteiger partial charge >= 0.3 is 5.63 Å². The van der Waals surface area contributed by atoms with Crippen molar-refractivity contribution in [2.75, 3.05) is 5.73 Å². The summed E-state index contributed by atoms with van der Waals surface area (Å²) < 4.78 is 7.75. The number of nitrogens with zero attached hydrogens (tertiary/aromatic N) is 4. The molecule has 0 aliphatic rings. The average molecular weight is 425 g/mol. The second-order valence-corrected chi connectivity index (χ2v) is 7.92. The first-order valence-corrected chi connectivity index (χ1v) is 10.6. The molecular formula is C25H23N5O2. The molecule has 0 bridgehead atoms. The fourth-order valence-electron chi connectivity index (χ4n) is 4.28. The molecule has 3 aromatic heterocycles. The number of fused-ring (bicyclic) bond motifs is 2. The molecular weight excluding hydrogens is 402 g/mol. The quantitative estimate of drug-likeness (QED) is 0.449. The van der Waals surface area contributed by atoms with Crippen molar-refractivity contribution in [3.63, 3.8) is 0 Å². The molecule has 3 heterocycles. The summed E-state index contributed by atoms with van der Waals surface area (Å²) in [6, 6.07) is 15.4. The van der Waals surface area contributed by atoms with E-state index < -0.39 is 6.04 Å². The summed E-state index contributed by atoms with van der Waals surface area (Å²) in [5, 5.41) is 6.92. The van der Waals surface area contributed by atoms with Crippen molar-refractivity contribution in [1.82, 2.24) is 19.7 Å². The van der Waals surface area contributed by atoms with Crippen LogP contribution in [-0.2, 0) is 6.42 Å². The maximum absolute atomic E-state index is 13.0. The van der Waals surface area contributed by atoms with Gasteiger partial charge in [-0.3, -0.25) is 0 Å². The summed E-state index contributed by atoms with van der Waals surface area (Å²) in [5.74, 6) is 0.922. The summed E-state index contributed by atoms with van der Waals surface area (Å²) in [7, 11) is 0. The summed E-state index contributed by atoms with van der Waals surface area (Å²) in [5.41, 5.74) is 10.0. The standard InChI is InChI=1S/C25H23N5O2/c1-4-19-21-23(26)27-13-28-24(21)30(29-19)15(3)22-20(16-8-6-5-7-9-16)17-11-10-14(2)12-18(17)25(31)32-22/h5-13,15H,4H2,1-3H3,(H2,26,27,28). The topological polar surface area (TPSA) is 99.8 Å². The summed E-state index contributed by atoms with van der Waals surface area (Å²) in [6.45, 7) is 5.93. The molecule has 7 heteroatoms. The van der Waals surface area contributed by atoms with Gasteiger partial charge in [-0.05, 0) is 31.9 Å². The summed E-state index contributed by atoms with van der Waals surface area (Å²) in [6.07, 6.45) is 2.11. The van der Waals surface area contributed by atoms with E-state index >= 15 is 0 Å². The van der Waals surface area contributed by atoms with Crippen molar-refractivity contribution in [3.8, 4) is 11.1 Å². The molecule has 0 spiro atoms. The van der Waals surface area contributed by atoms with Gasteiger partial charge in [0.05, 0.1) is 16.5 Å². The Kier molecular flexibility index (Phi) is 4.74. The third-order valence-electron chi connectivity index (χ3n) is 5.85. The molecule has 0 radical (unpaired) electrons. The van der Waals surface area contributed by atoms with E-state index in [1.807, 2.05) is 69.3 Å². The van der Waals surface area contributed by atoms with Crippen molar-refractivity contribution in [2.45, 2.75) is 33.2 Å². The van der Waals surface area contributed by atoms with Gasteiger partial charge < -0.3 is 10.2 Å². The number of nitrogens with two attached hydrogens (primary N) is 1. The zero-order chi connectivity index (χ0) is 22.4. The molecule has 32 heavy (non-hydrogen) atoms. The molecule has 2 aromatic carbocycles. The largest absolute Gasteiger partial charge is 0.424 e. The molecule has 0 amide bonds. The molecule has 0 saturated heterocycles. The molecule has 0 fully saturated rings. The van der Waals surface area contributed by atoms with Gasteiger partial charge in [-0.25, -0.2) is 19.4 Å². The molecule has 0 aliphatic carbocycles. The zero-order valence-corrected chi connectivity index (χ0v) is 18.2. The molecule has 0 aliphatic heterocycles. The number of benzene rings is 2. The highest BCUT2D eigenvalue weighted by Gasteiger charge is 2.25. The smallest absolute Gasteiger partial charge is 0.343 e. The maximum atomic E-state index is 13.0. The van der Waals surface area contributed by atoms with E-state index in [2.05, 4.69) is 9.97 Å². The van der Waals surface area contributed by atoms with Crippen LogP contribution in [0.1, 0.15) is 36.9 Å². The first-order valence-electron chi connectivity index (χ1n) is 10.6. The van der Waals surface area contributed by atoms with Gasteiger partial charge in [-0.15, -0.1) is 0 Å². The van der Waals surface area contributed by atoms with Crippen LogP contribution in [0.5, 0.6) is 0 Å². The first kappa shape index (κ1) is 19.9. The van der Waals surface area contributed by atoms with Gasteiger partial charge in [0.15, 0.2) is 5.65 Å². The molecule has 5 rings (SSSR count). The predicted octanol–water partition coefficient (Wildman–Crippen LogP) is 4.66. The van der Waals surface area contributed by atoms with Gasteiger partial charge in [0.2, 0.25) is 0 Å². The Hall–Kier alpha value is -4.00. The van der Waals surface area contributed by atoms with Gasteiger partial charge in [0.1, 0.15) is 23.9 Å². The Morgan fingerprint density at radius 3 is 2.62 bits per heavy atom. The zero-order valence-electron chi connectivity index (χ0n) is 18.2. The van der Waals surface area contributed by atoms with Crippen molar-refractivity contribution in [2.24, 2.45) is 0 Å². The predicted molar refractivity (Wildman–Crippen MR) is 126 cm³/mol. The van der Waals surface area contributed by atoms with Crippen LogP contribution in [0.25, 0.3) is 32.9 Å². The highest BCUT2D eigenvalue weighted by Crippen LogP contribution is 2.36. The average Bonchev–Trinajstić information content (AvgIpc) is 3.19. The molecule has 1 unspecified atom stereocenters. The monoisotopic (exact) mass is 425 g/mol. The van der Waals surface area contributed by atoms with E-state index in [-0.39, 0.29) is 5.63 Å². The van der Waals surface area contributed by atoms with Gasteiger partial charge in [0.25, 0.3) is 0 Å². The molecule has 0 saturated carbocycles. The molecule has 5 aromatic rings. The van der Waals surface area contributed by atoms with E-state index in [0.29, 0.717) is 29.0 Å². The lowest BCUT2D eigenvalue weighted by atomic mass is 9.95. The van der Waals surface area contributed by atoms with E-state index in [4.69, 9.17) is 15.2 Å². The van der Waals surface area contributed by atoms with Crippen LogP contribution in [0.2, 0.25) is 0 Å². The van der Waals surface area contributed by atoms with E-state index in [1.54, 1.807) is 4.68 Å². The number of anilines is 1. The fourth-order valence-corrected chi connectivity index (χ4v) is 4.28. The highest BCUT2D eigenvalue weighted by atomic mass is 16.4. The second kappa shape index (κ2) is 7.60. The third-order valence-corrected chi connectivity index (χ3v) is 5.85. The number of aromatic nitrogens is 4. The SMILES string of the molecule is CCc1nn(C(C)c2oc(=O)c3cc(C)ccc3c2-c2ccccc2)c2ncnc(N)c12. The maximum Gasteiger partial charge on any atom is 0.343 e. The van der Waals surface area contributed by atoms with Crippen LogP contribution in [0, 0.1) is 6.92 Å². The first-order chi connectivity index (χ1) is 15.5. The van der Waals surface area contributed by atoms with Crippen LogP contribution in [-0.4, -0.2) is 19.7 Å². The Labute approximate surface area is 184 Å². The lowest BCUT2D eigenvalue weighted by molar-refractivity contribution is 0.404. The summed E-state index contributed by atoms with van der Waals surface area (Å²) in [4.78, 5) is 21.6. The minimum Gasteiger partial charge on any atom is -0.424 e. The highest BCUT2D eigenvalue weighted by molar-refractivity contribution is 5.97. The normalized spacial score (nSPS) is 12.5. The number of rotatable bonds is 4.